The first-order valence-electron chi connectivity index (χ1n) is 7.50. The second-order valence-corrected chi connectivity index (χ2v) is 4.99. The van der Waals surface area contributed by atoms with Crippen molar-refractivity contribution in [2.24, 2.45) is 5.73 Å². The number of anilines is 1. The highest BCUT2D eigenvalue weighted by molar-refractivity contribution is 5.90. The van der Waals surface area contributed by atoms with Crippen LogP contribution in [-0.4, -0.2) is 30.4 Å². The lowest BCUT2D eigenvalue weighted by atomic mass is 10.2. The SMILES string of the molecule is CCCCN(CC)CCC(=O)Nc1ccc(CN)cc1. The predicted molar refractivity (Wildman–Crippen MR) is 84.6 cm³/mol. The Labute approximate surface area is 122 Å². The molecule has 1 aromatic carbocycles. The largest absolute Gasteiger partial charge is 0.326 e. The first-order chi connectivity index (χ1) is 9.69. The number of carbonyl (C=O) groups excluding carboxylic acids is 1. The molecule has 0 saturated carbocycles. The van der Waals surface area contributed by atoms with Crippen molar-refractivity contribution in [3.63, 3.8) is 0 Å². The summed E-state index contributed by atoms with van der Waals surface area (Å²) in [7, 11) is 0. The van der Waals surface area contributed by atoms with E-state index >= 15 is 0 Å². The molecule has 112 valence electrons. The summed E-state index contributed by atoms with van der Waals surface area (Å²) in [5.74, 6) is 0.0699. The van der Waals surface area contributed by atoms with Gasteiger partial charge in [-0.25, -0.2) is 0 Å². The minimum atomic E-state index is 0.0699. The van der Waals surface area contributed by atoms with Gasteiger partial charge in [0.15, 0.2) is 0 Å². The molecule has 20 heavy (non-hydrogen) atoms. The highest BCUT2D eigenvalue weighted by Crippen LogP contribution is 2.09. The average molecular weight is 277 g/mol. The van der Waals surface area contributed by atoms with E-state index in [1.54, 1.807) is 0 Å². The summed E-state index contributed by atoms with van der Waals surface area (Å²) < 4.78 is 0. The Morgan fingerprint density at radius 3 is 2.45 bits per heavy atom. The highest BCUT2D eigenvalue weighted by atomic mass is 16.1. The van der Waals surface area contributed by atoms with Crippen LogP contribution in [0.25, 0.3) is 0 Å². The van der Waals surface area contributed by atoms with Crippen molar-refractivity contribution in [1.82, 2.24) is 4.90 Å². The number of rotatable bonds is 9. The molecule has 0 radical (unpaired) electrons. The first-order valence-corrected chi connectivity index (χ1v) is 7.50. The van der Waals surface area contributed by atoms with Gasteiger partial charge in [-0.2, -0.15) is 0 Å². The summed E-state index contributed by atoms with van der Waals surface area (Å²) in [6, 6.07) is 7.67. The van der Waals surface area contributed by atoms with Crippen LogP contribution in [0.5, 0.6) is 0 Å². The van der Waals surface area contributed by atoms with Crippen molar-refractivity contribution < 1.29 is 4.79 Å². The molecule has 4 nitrogen and oxygen atoms in total. The molecule has 3 N–H and O–H groups in total. The fraction of sp³-hybridized carbons (Fsp3) is 0.562. The molecule has 0 aromatic heterocycles. The summed E-state index contributed by atoms with van der Waals surface area (Å²) >= 11 is 0. The van der Waals surface area contributed by atoms with E-state index in [9.17, 15) is 4.79 Å². The molecule has 0 aliphatic rings. The number of hydrogen-bond acceptors (Lipinski definition) is 3. The third-order valence-corrected chi connectivity index (χ3v) is 3.40. The standard InChI is InChI=1S/C16H27N3O/c1-3-5-11-19(4-2)12-10-16(20)18-15-8-6-14(13-17)7-9-15/h6-9H,3-5,10-13,17H2,1-2H3,(H,18,20). The predicted octanol–water partition coefficient (Wildman–Crippen LogP) is 2.60. The van der Waals surface area contributed by atoms with Crippen molar-refractivity contribution in [3.8, 4) is 0 Å². The van der Waals surface area contributed by atoms with E-state index in [1.807, 2.05) is 24.3 Å². The van der Waals surface area contributed by atoms with Crippen LogP contribution in [0.3, 0.4) is 0 Å². The molecule has 0 bridgehead atoms. The Bertz CT molecular complexity index is 389. The molecule has 0 fully saturated rings. The van der Waals surface area contributed by atoms with Crippen LogP contribution in [0.2, 0.25) is 0 Å². The number of carbonyl (C=O) groups is 1. The Hall–Kier alpha value is -1.39. The number of hydrogen-bond donors (Lipinski definition) is 2. The zero-order valence-corrected chi connectivity index (χ0v) is 12.7. The van der Waals surface area contributed by atoms with E-state index in [1.165, 1.54) is 12.8 Å². The molecule has 0 saturated heterocycles. The number of nitrogens with one attached hydrogen (secondary N) is 1. The van der Waals surface area contributed by atoms with Gasteiger partial charge in [-0.1, -0.05) is 32.4 Å². The lowest BCUT2D eigenvalue weighted by Gasteiger charge is -2.19. The smallest absolute Gasteiger partial charge is 0.225 e. The summed E-state index contributed by atoms with van der Waals surface area (Å²) in [6.45, 7) is 7.74. The minimum Gasteiger partial charge on any atom is -0.326 e. The first kappa shape index (κ1) is 16.7. The third kappa shape index (κ3) is 6.17. The van der Waals surface area contributed by atoms with Gasteiger partial charge in [0.25, 0.3) is 0 Å². The van der Waals surface area contributed by atoms with Gasteiger partial charge in [0.05, 0.1) is 0 Å². The highest BCUT2D eigenvalue weighted by Gasteiger charge is 2.06. The van der Waals surface area contributed by atoms with Crippen molar-refractivity contribution in [3.05, 3.63) is 29.8 Å². The van der Waals surface area contributed by atoms with Crippen molar-refractivity contribution in [2.75, 3.05) is 25.0 Å². The third-order valence-electron chi connectivity index (χ3n) is 3.40. The van der Waals surface area contributed by atoms with E-state index in [4.69, 9.17) is 5.73 Å². The van der Waals surface area contributed by atoms with Crippen molar-refractivity contribution in [1.29, 1.82) is 0 Å². The van der Waals surface area contributed by atoms with Crippen molar-refractivity contribution >= 4 is 11.6 Å². The minimum absolute atomic E-state index is 0.0699. The number of benzene rings is 1. The van der Waals surface area contributed by atoms with Crippen LogP contribution in [-0.2, 0) is 11.3 Å². The van der Waals surface area contributed by atoms with Crippen LogP contribution < -0.4 is 11.1 Å². The maximum absolute atomic E-state index is 11.9. The molecular formula is C16H27N3O. The van der Waals surface area contributed by atoms with Gasteiger partial charge in [0, 0.05) is 25.2 Å². The van der Waals surface area contributed by atoms with Gasteiger partial charge in [-0.15, -0.1) is 0 Å². The van der Waals surface area contributed by atoms with Gasteiger partial charge in [0.1, 0.15) is 0 Å². The van der Waals surface area contributed by atoms with Gasteiger partial charge in [0.2, 0.25) is 5.91 Å². The van der Waals surface area contributed by atoms with Crippen LogP contribution in [0, 0.1) is 0 Å². The van der Waals surface area contributed by atoms with E-state index < -0.39 is 0 Å². The molecule has 4 heteroatoms. The molecule has 1 rings (SSSR count). The molecule has 0 atom stereocenters. The topological polar surface area (TPSA) is 58.4 Å². The van der Waals surface area contributed by atoms with Gasteiger partial charge in [-0.05, 0) is 37.2 Å². The second kappa shape index (κ2) is 9.50. The zero-order valence-electron chi connectivity index (χ0n) is 12.7. The molecular weight excluding hydrogens is 250 g/mol. The van der Waals surface area contributed by atoms with E-state index in [0.29, 0.717) is 13.0 Å². The van der Waals surface area contributed by atoms with Crippen LogP contribution in [0.1, 0.15) is 38.7 Å². The molecule has 1 amide bonds. The normalized spacial score (nSPS) is 10.8. The number of unbranched alkanes of at least 4 members (excludes halogenated alkanes) is 1. The Balaban J connectivity index is 2.34. The quantitative estimate of drug-likeness (QED) is 0.729. The fourth-order valence-electron chi connectivity index (χ4n) is 2.02. The van der Waals surface area contributed by atoms with Gasteiger partial charge in [-0.3, -0.25) is 4.79 Å². The van der Waals surface area contributed by atoms with Crippen LogP contribution in [0.4, 0.5) is 5.69 Å². The average Bonchev–Trinajstić information content (AvgIpc) is 2.48. The maximum Gasteiger partial charge on any atom is 0.225 e. The summed E-state index contributed by atoms with van der Waals surface area (Å²) in [5, 5.41) is 2.92. The lowest BCUT2D eigenvalue weighted by Crippen LogP contribution is -2.28. The molecule has 0 aliphatic carbocycles. The maximum atomic E-state index is 11.9. The zero-order chi connectivity index (χ0) is 14.8. The lowest BCUT2D eigenvalue weighted by molar-refractivity contribution is -0.116. The van der Waals surface area contributed by atoms with Gasteiger partial charge >= 0.3 is 0 Å². The second-order valence-electron chi connectivity index (χ2n) is 4.99. The fourth-order valence-corrected chi connectivity index (χ4v) is 2.02. The molecule has 0 heterocycles. The van der Waals surface area contributed by atoms with E-state index in [-0.39, 0.29) is 5.91 Å². The van der Waals surface area contributed by atoms with Crippen molar-refractivity contribution in [2.45, 2.75) is 39.7 Å². The number of amides is 1. The summed E-state index contributed by atoms with van der Waals surface area (Å²) in [4.78, 5) is 14.2. The Morgan fingerprint density at radius 2 is 1.90 bits per heavy atom. The molecule has 1 aromatic rings. The molecule has 0 aliphatic heterocycles. The Morgan fingerprint density at radius 1 is 1.20 bits per heavy atom. The summed E-state index contributed by atoms with van der Waals surface area (Å²) in [5.41, 5.74) is 7.45. The number of nitrogens with two attached hydrogens (primary N) is 1. The number of nitrogens with zero attached hydrogens (tertiary/aromatic N) is 1. The molecule has 0 spiro atoms. The van der Waals surface area contributed by atoms with Crippen LogP contribution >= 0.6 is 0 Å². The van der Waals surface area contributed by atoms with Crippen LogP contribution in [0.15, 0.2) is 24.3 Å². The summed E-state index contributed by atoms with van der Waals surface area (Å²) in [6.07, 6.45) is 2.92. The van der Waals surface area contributed by atoms with E-state index in [2.05, 4.69) is 24.1 Å². The van der Waals surface area contributed by atoms with E-state index in [0.717, 1.165) is 30.9 Å². The monoisotopic (exact) mass is 277 g/mol. The molecule has 0 unspecified atom stereocenters. The Kier molecular flexibility index (Phi) is 7.92. The van der Waals surface area contributed by atoms with Gasteiger partial charge < -0.3 is 16.0 Å².